The van der Waals surface area contributed by atoms with E-state index < -0.39 is 52.3 Å². The summed E-state index contributed by atoms with van der Waals surface area (Å²) in [4.78, 5) is 39.1. The summed E-state index contributed by atoms with van der Waals surface area (Å²) in [6.07, 6.45) is 3.05. The average molecular weight is 431 g/mol. The number of ether oxygens (including phenoxy) is 2. The molecule has 0 aromatic heterocycles. The monoisotopic (exact) mass is 430 g/mol. The summed E-state index contributed by atoms with van der Waals surface area (Å²) in [7, 11) is 0. The highest BCUT2D eigenvalue weighted by Crippen LogP contribution is 2.43. The number of aliphatic hydroxyl groups is 1. The van der Waals surface area contributed by atoms with Gasteiger partial charge in [-0.2, -0.15) is 0 Å². The van der Waals surface area contributed by atoms with Crippen molar-refractivity contribution in [2.75, 3.05) is 0 Å². The van der Waals surface area contributed by atoms with Crippen LogP contribution in [0.5, 0.6) is 0 Å². The number of allylic oxidation sites excluding steroid dienone is 1. The van der Waals surface area contributed by atoms with Gasteiger partial charge in [0, 0.05) is 12.3 Å². The Morgan fingerprint density at radius 2 is 1.52 bits per heavy atom. The van der Waals surface area contributed by atoms with Crippen LogP contribution in [0.4, 0.5) is 0 Å². The van der Waals surface area contributed by atoms with Gasteiger partial charge in [-0.05, 0) is 54.0 Å². The minimum Gasteiger partial charge on any atom is -0.460 e. The lowest BCUT2D eigenvalue weighted by Gasteiger charge is -2.43. The molecule has 1 aromatic rings. The van der Waals surface area contributed by atoms with Gasteiger partial charge in [0.2, 0.25) is 0 Å². The second-order valence-corrected chi connectivity index (χ2v) is 10.4. The number of carbonyl (C=O) groups excluding carboxylic acids is 3. The molecule has 0 radical (unpaired) electrons. The normalized spacial score (nSPS) is 27.2. The number of Topliss-reactive ketones (excluding diaryl/α,β-unsaturated/α-hetero) is 1. The highest BCUT2D eigenvalue weighted by molar-refractivity contribution is 6.02. The minimum atomic E-state index is -1.66. The fourth-order valence-corrected chi connectivity index (χ4v) is 3.83. The third-order valence-electron chi connectivity index (χ3n) is 4.95. The first-order valence-electron chi connectivity index (χ1n) is 10.5. The van der Waals surface area contributed by atoms with Crippen LogP contribution in [0.3, 0.4) is 0 Å². The quantitative estimate of drug-likeness (QED) is 0.575. The van der Waals surface area contributed by atoms with E-state index in [4.69, 9.17) is 9.47 Å². The second kappa shape index (κ2) is 8.95. The zero-order valence-corrected chi connectivity index (χ0v) is 19.5. The lowest BCUT2D eigenvalue weighted by Crippen LogP contribution is -2.57. The number of rotatable bonds is 4. The van der Waals surface area contributed by atoms with E-state index >= 15 is 0 Å². The zero-order valence-electron chi connectivity index (χ0n) is 19.5. The van der Waals surface area contributed by atoms with Crippen molar-refractivity contribution in [3.8, 4) is 0 Å². The number of hydrogen-bond acceptors (Lipinski definition) is 6. The van der Waals surface area contributed by atoms with Gasteiger partial charge < -0.3 is 14.6 Å². The number of benzene rings is 1. The molecule has 2 rings (SSSR count). The summed E-state index contributed by atoms with van der Waals surface area (Å²) in [6.45, 7) is 11.8. The highest BCUT2D eigenvalue weighted by atomic mass is 16.6. The Kier molecular flexibility index (Phi) is 7.16. The molecular weight excluding hydrogens is 396 g/mol. The van der Waals surface area contributed by atoms with Gasteiger partial charge in [-0.1, -0.05) is 42.5 Å². The first-order valence-corrected chi connectivity index (χ1v) is 10.5. The SMILES string of the molecule is CC(C)(C)OC(=O)[C@@H]1C(=O)C[C@@](C)(O)[C@H](C(=O)OC(C)(C)C)[C@@H]1/C=C/c1ccccc1. The van der Waals surface area contributed by atoms with Crippen LogP contribution in [-0.2, 0) is 23.9 Å². The van der Waals surface area contributed by atoms with Crippen molar-refractivity contribution >= 4 is 23.8 Å². The fourth-order valence-electron chi connectivity index (χ4n) is 3.83. The molecular formula is C25H34O6. The molecule has 1 saturated carbocycles. The molecule has 1 aliphatic rings. The van der Waals surface area contributed by atoms with Gasteiger partial charge in [0.05, 0.1) is 11.5 Å². The van der Waals surface area contributed by atoms with Gasteiger partial charge in [-0.3, -0.25) is 14.4 Å². The Balaban J connectivity index is 2.54. The summed E-state index contributed by atoms with van der Waals surface area (Å²) in [5.41, 5.74) is -2.41. The van der Waals surface area contributed by atoms with Gasteiger partial charge in [-0.25, -0.2) is 0 Å². The van der Waals surface area contributed by atoms with Gasteiger partial charge in [0.1, 0.15) is 17.1 Å². The van der Waals surface area contributed by atoms with E-state index in [0.29, 0.717) is 0 Å². The molecule has 0 spiro atoms. The number of ketones is 1. The van der Waals surface area contributed by atoms with Crippen molar-refractivity contribution in [3.05, 3.63) is 42.0 Å². The molecule has 1 fully saturated rings. The predicted molar refractivity (Wildman–Crippen MR) is 118 cm³/mol. The van der Waals surface area contributed by atoms with E-state index in [0.717, 1.165) is 5.56 Å². The molecule has 0 bridgehead atoms. The predicted octanol–water partition coefficient (Wildman–Crippen LogP) is 3.96. The first-order chi connectivity index (χ1) is 14.1. The van der Waals surface area contributed by atoms with E-state index in [-0.39, 0.29) is 6.42 Å². The lowest BCUT2D eigenvalue weighted by molar-refractivity contribution is -0.184. The molecule has 1 aromatic carbocycles. The summed E-state index contributed by atoms with van der Waals surface area (Å²) < 4.78 is 11.1. The van der Waals surface area contributed by atoms with Crippen molar-refractivity contribution in [1.82, 2.24) is 0 Å². The van der Waals surface area contributed by atoms with Crippen LogP contribution in [0.2, 0.25) is 0 Å². The summed E-state index contributed by atoms with van der Waals surface area (Å²) in [5.74, 6) is -5.05. The van der Waals surface area contributed by atoms with Gasteiger partial charge in [-0.15, -0.1) is 0 Å². The Bertz CT molecular complexity index is 839. The van der Waals surface area contributed by atoms with Crippen molar-refractivity contribution in [1.29, 1.82) is 0 Å². The maximum Gasteiger partial charge on any atom is 0.317 e. The van der Waals surface area contributed by atoms with E-state index in [9.17, 15) is 19.5 Å². The zero-order chi connectivity index (χ0) is 23.6. The Morgan fingerprint density at radius 3 is 2.03 bits per heavy atom. The molecule has 6 heteroatoms. The van der Waals surface area contributed by atoms with Crippen molar-refractivity contribution in [2.24, 2.45) is 17.8 Å². The topological polar surface area (TPSA) is 89.9 Å². The molecule has 0 saturated heterocycles. The van der Waals surface area contributed by atoms with E-state index in [1.165, 1.54) is 6.92 Å². The van der Waals surface area contributed by atoms with Crippen LogP contribution in [-0.4, -0.2) is 39.6 Å². The van der Waals surface area contributed by atoms with Crippen LogP contribution in [0.1, 0.15) is 60.5 Å². The maximum absolute atomic E-state index is 13.1. The van der Waals surface area contributed by atoms with Gasteiger partial charge in [0.25, 0.3) is 0 Å². The minimum absolute atomic E-state index is 0.337. The summed E-state index contributed by atoms with van der Waals surface area (Å²) in [6, 6.07) is 9.32. The Labute approximate surface area is 184 Å². The molecule has 4 atom stereocenters. The molecule has 1 N–H and O–H groups in total. The largest absolute Gasteiger partial charge is 0.460 e. The molecule has 0 heterocycles. The molecule has 170 valence electrons. The van der Waals surface area contributed by atoms with Gasteiger partial charge >= 0.3 is 11.9 Å². The number of hydrogen-bond donors (Lipinski definition) is 1. The van der Waals surface area contributed by atoms with Crippen molar-refractivity contribution in [3.63, 3.8) is 0 Å². The standard InChI is InChI=1S/C25H34O6/c1-23(2,3)30-21(27)19-17(14-13-16-11-9-8-10-12-16)20(22(28)31-24(4,5)6)25(7,29)15-18(19)26/h8-14,17,19-20,29H,15H2,1-7H3/b14-13+/t17-,19+,20+,25-/m1/s1. The van der Waals surface area contributed by atoms with Crippen LogP contribution >= 0.6 is 0 Å². The average Bonchev–Trinajstić information content (AvgIpc) is 2.56. The smallest absolute Gasteiger partial charge is 0.317 e. The molecule has 1 aliphatic carbocycles. The number of esters is 2. The second-order valence-electron chi connectivity index (χ2n) is 10.4. The van der Waals surface area contributed by atoms with Crippen LogP contribution in [0.25, 0.3) is 6.08 Å². The van der Waals surface area contributed by atoms with Crippen molar-refractivity contribution in [2.45, 2.75) is 71.7 Å². The van der Waals surface area contributed by atoms with Gasteiger partial charge in [0.15, 0.2) is 5.78 Å². The lowest BCUT2D eigenvalue weighted by atomic mass is 9.63. The first kappa shape index (κ1) is 24.8. The highest BCUT2D eigenvalue weighted by Gasteiger charge is 2.56. The molecule has 6 nitrogen and oxygen atoms in total. The van der Waals surface area contributed by atoms with Crippen molar-refractivity contribution < 1.29 is 29.0 Å². The third kappa shape index (κ3) is 6.76. The van der Waals surface area contributed by atoms with E-state index in [2.05, 4.69) is 0 Å². The molecule has 0 unspecified atom stereocenters. The number of carbonyl (C=O) groups is 3. The summed E-state index contributed by atoms with van der Waals surface area (Å²) >= 11 is 0. The third-order valence-corrected chi connectivity index (χ3v) is 4.95. The van der Waals surface area contributed by atoms with Crippen LogP contribution < -0.4 is 0 Å². The Morgan fingerprint density at radius 1 is 1.00 bits per heavy atom. The van der Waals surface area contributed by atoms with E-state index in [1.54, 1.807) is 53.7 Å². The molecule has 31 heavy (non-hydrogen) atoms. The van der Waals surface area contributed by atoms with E-state index in [1.807, 2.05) is 30.3 Å². The fraction of sp³-hybridized carbons (Fsp3) is 0.560. The van der Waals surface area contributed by atoms with Crippen LogP contribution in [0, 0.1) is 17.8 Å². The summed E-state index contributed by atoms with van der Waals surface area (Å²) in [5, 5.41) is 11.1. The Hall–Kier alpha value is -2.47. The maximum atomic E-state index is 13.1. The van der Waals surface area contributed by atoms with Crippen LogP contribution in [0.15, 0.2) is 36.4 Å². The molecule has 0 aliphatic heterocycles. The molecule has 0 amide bonds.